The van der Waals surface area contributed by atoms with E-state index in [1.54, 1.807) is 17.0 Å². The largest absolute Gasteiger partial charge is 0.416 e. The first-order valence-electron chi connectivity index (χ1n) is 10.8. The Balaban J connectivity index is 1.80. The molecule has 0 radical (unpaired) electrons. The van der Waals surface area contributed by atoms with Gasteiger partial charge in [-0.1, -0.05) is 78.4 Å². The molecule has 4 heteroatoms. The molecule has 162 valence electrons. The van der Waals surface area contributed by atoms with Crippen molar-refractivity contribution in [3.8, 4) is 5.75 Å². The van der Waals surface area contributed by atoms with Crippen molar-refractivity contribution in [2.24, 2.45) is 7.05 Å². The second kappa shape index (κ2) is 9.56. The van der Waals surface area contributed by atoms with Crippen LogP contribution in [0.15, 0.2) is 103 Å². The second-order valence-electron chi connectivity index (χ2n) is 8.20. The molecular formula is C28H28N2O2. The summed E-state index contributed by atoms with van der Waals surface area (Å²) in [4.78, 5) is 15.3. The van der Waals surface area contributed by atoms with E-state index in [9.17, 15) is 4.79 Å². The number of fused-ring (bicyclic) bond motifs is 1. The van der Waals surface area contributed by atoms with Gasteiger partial charge in [-0.25, -0.2) is 4.79 Å². The van der Waals surface area contributed by atoms with Gasteiger partial charge in [0.25, 0.3) is 0 Å². The highest BCUT2D eigenvalue weighted by Gasteiger charge is 2.28. The number of para-hydroxylation sites is 2. The molecule has 0 spiro atoms. The zero-order chi connectivity index (χ0) is 22.5. The van der Waals surface area contributed by atoms with Crippen LogP contribution in [-0.4, -0.2) is 15.6 Å². The highest BCUT2D eigenvalue weighted by atomic mass is 16.6. The summed E-state index contributed by atoms with van der Waals surface area (Å²) >= 11 is 0. The number of aryl methyl sites for hydroxylation is 1. The minimum Gasteiger partial charge on any atom is -0.410 e. The summed E-state index contributed by atoms with van der Waals surface area (Å²) in [7, 11) is 2.04. The predicted molar refractivity (Wildman–Crippen MR) is 130 cm³/mol. The van der Waals surface area contributed by atoms with E-state index in [1.807, 2.05) is 67.7 Å². The molecule has 0 aliphatic rings. The standard InChI is InChI=1S/C28H28N2O2/c1-21(2)18-27(25-20-29(3)26-17-11-10-16-24(25)26)30(19-22-12-6-4-7-13-22)28(31)32-23-14-8-5-9-15-23/h4-18,20,27H,19H2,1-3H3. The van der Waals surface area contributed by atoms with Gasteiger partial charge in [0.15, 0.2) is 0 Å². The van der Waals surface area contributed by atoms with E-state index >= 15 is 0 Å². The maximum atomic E-state index is 13.5. The summed E-state index contributed by atoms with van der Waals surface area (Å²) in [5.41, 5.74) is 4.38. The Morgan fingerprint density at radius 1 is 0.938 bits per heavy atom. The summed E-state index contributed by atoms with van der Waals surface area (Å²) in [6, 6.07) is 27.3. The number of rotatable bonds is 6. The molecule has 1 atom stereocenters. The van der Waals surface area contributed by atoms with Gasteiger partial charge >= 0.3 is 6.09 Å². The number of hydrogen-bond acceptors (Lipinski definition) is 2. The lowest BCUT2D eigenvalue weighted by Gasteiger charge is -2.30. The number of hydrogen-bond donors (Lipinski definition) is 0. The van der Waals surface area contributed by atoms with E-state index in [0.717, 1.165) is 27.6 Å². The minimum atomic E-state index is -0.379. The number of amides is 1. The first-order chi connectivity index (χ1) is 15.5. The van der Waals surface area contributed by atoms with E-state index in [0.29, 0.717) is 12.3 Å². The van der Waals surface area contributed by atoms with Crippen LogP contribution in [0.5, 0.6) is 5.75 Å². The van der Waals surface area contributed by atoms with Crippen LogP contribution >= 0.6 is 0 Å². The van der Waals surface area contributed by atoms with Gasteiger partial charge in [-0.3, -0.25) is 4.90 Å². The topological polar surface area (TPSA) is 34.5 Å². The average Bonchev–Trinajstić information content (AvgIpc) is 3.14. The Bertz CT molecular complexity index is 1220. The van der Waals surface area contributed by atoms with Gasteiger partial charge in [-0.15, -0.1) is 0 Å². The number of ether oxygens (including phenoxy) is 1. The summed E-state index contributed by atoms with van der Waals surface area (Å²) in [6.45, 7) is 4.55. The molecule has 4 nitrogen and oxygen atoms in total. The predicted octanol–water partition coefficient (Wildman–Crippen LogP) is 6.89. The number of aromatic nitrogens is 1. The van der Waals surface area contributed by atoms with Crippen LogP contribution < -0.4 is 4.74 Å². The molecule has 0 aliphatic carbocycles. The third-order valence-corrected chi connectivity index (χ3v) is 5.45. The van der Waals surface area contributed by atoms with Crippen LogP contribution in [0.2, 0.25) is 0 Å². The molecule has 0 aliphatic heterocycles. The first-order valence-corrected chi connectivity index (χ1v) is 10.8. The number of carbonyl (C=O) groups excluding carboxylic acids is 1. The van der Waals surface area contributed by atoms with Gasteiger partial charge in [0.2, 0.25) is 0 Å². The maximum absolute atomic E-state index is 13.5. The molecular weight excluding hydrogens is 396 g/mol. The van der Waals surface area contributed by atoms with Crippen molar-refractivity contribution in [1.82, 2.24) is 9.47 Å². The van der Waals surface area contributed by atoms with Gasteiger partial charge in [-0.05, 0) is 37.6 Å². The molecule has 32 heavy (non-hydrogen) atoms. The van der Waals surface area contributed by atoms with E-state index in [2.05, 4.69) is 42.8 Å². The van der Waals surface area contributed by atoms with E-state index < -0.39 is 0 Å². The monoisotopic (exact) mass is 424 g/mol. The van der Waals surface area contributed by atoms with Gasteiger partial charge < -0.3 is 9.30 Å². The van der Waals surface area contributed by atoms with Gasteiger partial charge in [-0.2, -0.15) is 0 Å². The molecule has 3 aromatic carbocycles. The van der Waals surface area contributed by atoms with Crippen molar-refractivity contribution in [2.45, 2.75) is 26.4 Å². The smallest absolute Gasteiger partial charge is 0.410 e. The van der Waals surface area contributed by atoms with Crippen LogP contribution in [0.3, 0.4) is 0 Å². The molecule has 0 bridgehead atoms. The van der Waals surface area contributed by atoms with Gasteiger partial charge in [0, 0.05) is 36.3 Å². The van der Waals surface area contributed by atoms with Crippen molar-refractivity contribution < 1.29 is 9.53 Å². The number of carbonyl (C=O) groups is 1. The van der Waals surface area contributed by atoms with Crippen molar-refractivity contribution in [2.75, 3.05) is 0 Å². The average molecular weight is 425 g/mol. The number of nitrogens with zero attached hydrogens (tertiary/aromatic N) is 2. The van der Waals surface area contributed by atoms with Crippen LogP contribution in [0.4, 0.5) is 4.79 Å². The summed E-state index contributed by atoms with van der Waals surface area (Å²) < 4.78 is 7.91. The molecule has 0 fully saturated rings. The molecule has 0 saturated heterocycles. The third kappa shape index (κ3) is 4.75. The molecule has 1 amide bonds. The zero-order valence-electron chi connectivity index (χ0n) is 18.7. The lowest BCUT2D eigenvalue weighted by atomic mass is 10.0. The van der Waals surface area contributed by atoms with Crippen LogP contribution in [0.25, 0.3) is 10.9 Å². The first kappa shape index (κ1) is 21.4. The van der Waals surface area contributed by atoms with E-state index in [-0.39, 0.29) is 12.1 Å². The Morgan fingerprint density at radius 2 is 1.56 bits per heavy atom. The van der Waals surface area contributed by atoms with E-state index in [4.69, 9.17) is 4.74 Å². The fourth-order valence-electron chi connectivity index (χ4n) is 3.98. The molecule has 1 heterocycles. The third-order valence-electron chi connectivity index (χ3n) is 5.45. The zero-order valence-corrected chi connectivity index (χ0v) is 18.7. The molecule has 0 saturated carbocycles. The number of allylic oxidation sites excluding steroid dienone is 1. The molecule has 4 aromatic rings. The van der Waals surface area contributed by atoms with Crippen molar-refractivity contribution in [3.63, 3.8) is 0 Å². The van der Waals surface area contributed by atoms with Crippen LogP contribution in [0.1, 0.15) is 31.0 Å². The van der Waals surface area contributed by atoms with Gasteiger partial charge in [0.05, 0.1) is 6.04 Å². The van der Waals surface area contributed by atoms with Crippen LogP contribution in [-0.2, 0) is 13.6 Å². The summed E-state index contributed by atoms with van der Waals surface area (Å²) in [6.07, 6.45) is 3.87. The molecule has 1 unspecified atom stereocenters. The Morgan fingerprint density at radius 3 is 2.25 bits per heavy atom. The Labute approximate surface area is 189 Å². The Hall–Kier alpha value is -3.79. The molecule has 1 aromatic heterocycles. The SMILES string of the molecule is CC(C)=CC(c1cn(C)c2ccccc12)N(Cc1ccccc1)C(=O)Oc1ccccc1. The van der Waals surface area contributed by atoms with Crippen molar-refractivity contribution in [3.05, 3.63) is 114 Å². The lowest BCUT2D eigenvalue weighted by Crippen LogP contribution is -2.36. The van der Waals surface area contributed by atoms with Crippen molar-refractivity contribution >= 4 is 17.0 Å². The molecule has 0 N–H and O–H groups in total. The normalized spacial score (nSPS) is 11.7. The Kier molecular flexibility index (Phi) is 6.41. The highest BCUT2D eigenvalue weighted by Crippen LogP contribution is 2.33. The summed E-state index contributed by atoms with van der Waals surface area (Å²) in [5.74, 6) is 0.532. The fourth-order valence-corrected chi connectivity index (χ4v) is 3.98. The lowest BCUT2D eigenvalue weighted by molar-refractivity contribution is 0.137. The molecule has 4 rings (SSSR count). The van der Waals surface area contributed by atoms with Crippen molar-refractivity contribution in [1.29, 1.82) is 0 Å². The quantitative estimate of drug-likeness (QED) is 0.316. The minimum absolute atomic E-state index is 0.275. The van der Waals surface area contributed by atoms with Gasteiger partial charge in [0.1, 0.15) is 5.75 Å². The maximum Gasteiger partial charge on any atom is 0.416 e. The van der Waals surface area contributed by atoms with Crippen LogP contribution in [0, 0.1) is 0 Å². The fraction of sp³-hybridized carbons (Fsp3) is 0.179. The summed E-state index contributed by atoms with van der Waals surface area (Å²) in [5, 5.41) is 1.13. The highest BCUT2D eigenvalue weighted by molar-refractivity contribution is 5.85. The number of benzene rings is 3. The van der Waals surface area contributed by atoms with E-state index in [1.165, 1.54) is 0 Å². The second-order valence-corrected chi connectivity index (χ2v) is 8.20.